The maximum atomic E-state index is 9.44. The van der Waals surface area contributed by atoms with Crippen LogP contribution >= 0.6 is 11.8 Å². The van der Waals surface area contributed by atoms with Gasteiger partial charge in [0.05, 0.1) is 12.9 Å². The molecular formula is C11H17N5OS. The number of aliphatic hydroxyl groups excluding tert-OH is 1. The van der Waals surface area contributed by atoms with E-state index in [1.165, 1.54) is 18.1 Å². The summed E-state index contributed by atoms with van der Waals surface area (Å²) in [5.74, 6) is 0. The largest absolute Gasteiger partial charge is 0.395 e. The van der Waals surface area contributed by atoms with Gasteiger partial charge in [0.15, 0.2) is 5.65 Å². The van der Waals surface area contributed by atoms with Gasteiger partial charge in [-0.05, 0) is 6.42 Å². The first-order chi connectivity index (χ1) is 8.76. The Hall–Kier alpha value is -1.18. The van der Waals surface area contributed by atoms with Gasteiger partial charge in [0.1, 0.15) is 16.9 Å². The first-order valence-electron chi connectivity index (χ1n) is 5.93. The number of rotatable bonds is 6. The molecule has 0 saturated heterocycles. The number of nitrogens with two attached hydrogens (primary N) is 1. The Morgan fingerprint density at radius 1 is 1.44 bits per heavy atom. The summed E-state index contributed by atoms with van der Waals surface area (Å²) in [6.07, 6.45) is 4.95. The lowest BCUT2D eigenvalue weighted by Crippen LogP contribution is -2.34. The fourth-order valence-electron chi connectivity index (χ4n) is 1.75. The summed E-state index contributed by atoms with van der Waals surface area (Å²) in [6.45, 7) is 2.11. The number of hydrogen-bond acceptors (Lipinski definition) is 6. The van der Waals surface area contributed by atoms with Gasteiger partial charge in [-0.1, -0.05) is 25.1 Å². The third kappa shape index (κ3) is 2.80. The minimum atomic E-state index is -0.0636. The molecule has 2 rings (SSSR count). The topological polar surface area (TPSA) is 101 Å². The monoisotopic (exact) mass is 267 g/mol. The van der Waals surface area contributed by atoms with Crippen LogP contribution in [0.4, 0.5) is 0 Å². The number of nitrogens with one attached hydrogen (secondary N) is 1. The maximum Gasteiger partial charge on any atom is 0.181 e. The standard InChI is InChI=1S/C11H17N5OS/c1-2-3-7(12)8(4-17)18-11-9-10(14-5-13-9)15-6-16-11/h5-8,17H,2-4,12H2,1H3,(H,13,14,15,16). The van der Waals surface area contributed by atoms with Gasteiger partial charge >= 0.3 is 0 Å². The van der Waals surface area contributed by atoms with Crippen molar-refractivity contribution in [2.45, 2.75) is 36.1 Å². The van der Waals surface area contributed by atoms with E-state index in [2.05, 4.69) is 26.9 Å². The van der Waals surface area contributed by atoms with E-state index >= 15 is 0 Å². The summed E-state index contributed by atoms with van der Waals surface area (Å²) in [5, 5.41) is 10.2. The molecule has 2 atom stereocenters. The highest BCUT2D eigenvalue weighted by Gasteiger charge is 2.20. The molecule has 0 bridgehead atoms. The average Bonchev–Trinajstić information content (AvgIpc) is 2.85. The Balaban J connectivity index is 2.18. The van der Waals surface area contributed by atoms with Crippen LogP contribution in [0.1, 0.15) is 19.8 Å². The van der Waals surface area contributed by atoms with Crippen LogP contribution in [0.5, 0.6) is 0 Å². The molecule has 0 fully saturated rings. The van der Waals surface area contributed by atoms with E-state index in [-0.39, 0.29) is 17.9 Å². The van der Waals surface area contributed by atoms with Crippen molar-refractivity contribution in [2.24, 2.45) is 5.73 Å². The second-order valence-corrected chi connectivity index (χ2v) is 5.30. The van der Waals surface area contributed by atoms with Crippen molar-refractivity contribution < 1.29 is 5.11 Å². The zero-order chi connectivity index (χ0) is 13.0. The third-order valence-electron chi connectivity index (χ3n) is 2.73. The Morgan fingerprint density at radius 3 is 3.00 bits per heavy atom. The highest BCUT2D eigenvalue weighted by molar-refractivity contribution is 8.00. The van der Waals surface area contributed by atoms with Crippen LogP contribution in [0.15, 0.2) is 17.7 Å². The van der Waals surface area contributed by atoms with E-state index < -0.39 is 0 Å². The molecule has 0 aromatic carbocycles. The first kappa shape index (κ1) is 13.3. The van der Waals surface area contributed by atoms with Crippen LogP contribution < -0.4 is 5.73 Å². The second kappa shape index (κ2) is 6.12. The van der Waals surface area contributed by atoms with E-state index in [4.69, 9.17) is 5.73 Å². The second-order valence-electron chi connectivity index (χ2n) is 4.07. The number of thioether (sulfide) groups is 1. The van der Waals surface area contributed by atoms with Crippen LogP contribution in [0.25, 0.3) is 11.2 Å². The van der Waals surface area contributed by atoms with Crippen molar-refractivity contribution in [3.05, 3.63) is 12.7 Å². The van der Waals surface area contributed by atoms with Crippen molar-refractivity contribution in [3.63, 3.8) is 0 Å². The van der Waals surface area contributed by atoms with Gasteiger partial charge in [-0.15, -0.1) is 0 Å². The fourth-order valence-corrected chi connectivity index (χ4v) is 2.80. The molecule has 0 spiro atoms. The van der Waals surface area contributed by atoms with Gasteiger partial charge in [-0.2, -0.15) is 0 Å². The molecule has 98 valence electrons. The van der Waals surface area contributed by atoms with Gasteiger partial charge in [0, 0.05) is 11.3 Å². The van der Waals surface area contributed by atoms with Crippen LogP contribution in [0, 0.1) is 0 Å². The fraction of sp³-hybridized carbons (Fsp3) is 0.545. The number of aromatic amines is 1. The number of aliphatic hydroxyl groups is 1. The predicted molar refractivity (Wildman–Crippen MR) is 71.3 cm³/mol. The summed E-state index contributed by atoms with van der Waals surface area (Å²) in [6, 6.07) is -0.0436. The molecule has 2 unspecified atom stereocenters. The summed E-state index contributed by atoms with van der Waals surface area (Å²) < 4.78 is 0. The summed E-state index contributed by atoms with van der Waals surface area (Å²) in [4.78, 5) is 15.4. The van der Waals surface area contributed by atoms with Crippen LogP contribution in [0.3, 0.4) is 0 Å². The molecule has 2 aromatic heterocycles. The predicted octanol–water partition coefficient (Wildman–Crippen LogP) is 0.933. The molecule has 2 aromatic rings. The van der Waals surface area contributed by atoms with Gasteiger partial charge in [-0.3, -0.25) is 0 Å². The van der Waals surface area contributed by atoms with Crippen LogP contribution in [-0.4, -0.2) is 42.9 Å². The Morgan fingerprint density at radius 2 is 2.28 bits per heavy atom. The van der Waals surface area contributed by atoms with Crippen molar-refractivity contribution in [3.8, 4) is 0 Å². The maximum absolute atomic E-state index is 9.44. The minimum Gasteiger partial charge on any atom is -0.395 e. The quantitative estimate of drug-likeness (QED) is 0.532. The number of nitrogens with zero attached hydrogens (tertiary/aromatic N) is 3. The number of imidazole rings is 1. The van der Waals surface area contributed by atoms with E-state index in [0.717, 1.165) is 23.4 Å². The van der Waals surface area contributed by atoms with E-state index in [1.54, 1.807) is 6.33 Å². The summed E-state index contributed by atoms with van der Waals surface area (Å²) in [7, 11) is 0. The van der Waals surface area contributed by atoms with E-state index in [1.807, 2.05) is 0 Å². The number of H-pyrrole nitrogens is 1. The molecule has 7 heteroatoms. The smallest absolute Gasteiger partial charge is 0.181 e. The normalized spacial score (nSPS) is 14.8. The van der Waals surface area contributed by atoms with Crippen molar-refractivity contribution >= 4 is 22.9 Å². The third-order valence-corrected chi connectivity index (χ3v) is 4.06. The molecule has 18 heavy (non-hydrogen) atoms. The lowest BCUT2D eigenvalue weighted by Gasteiger charge is -2.20. The van der Waals surface area contributed by atoms with Crippen LogP contribution in [0.2, 0.25) is 0 Å². The highest BCUT2D eigenvalue weighted by atomic mass is 32.2. The Bertz CT molecular complexity index is 503. The lowest BCUT2D eigenvalue weighted by molar-refractivity contribution is 0.279. The molecule has 2 heterocycles. The number of hydrogen-bond donors (Lipinski definition) is 3. The minimum absolute atomic E-state index is 0.0332. The SMILES string of the molecule is CCCC(N)C(CO)Sc1ncnc2nc[nH]c12. The zero-order valence-electron chi connectivity index (χ0n) is 10.2. The molecule has 0 amide bonds. The van der Waals surface area contributed by atoms with Gasteiger partial charge in [-0.25, -0.2) is 15.0 Å². The van der Waals surface area contributed by atoms with Crippen LogP contribution in [-0.2, 0) is 0 Å². The van der Waals surface area contributed by atoms with E-state index in [0.29, 0.717) is 5.65 Å². The van der Waals surface area contributed by atoms with Gasteiger partial charge < -0.3 is 15.8 Å². The highest BCUT2D eigenvalue weighted by Crippen LogP contribution is 2.28. The van der Waals surface area contributed by atoms with Crippen molar-refractivity contribution in [2.75, 3.05) is 6.61 Å². The van der Waals surface area contributed by atoms with Gasteiger partial charge in [0.25, 0.3) is 0 Å². The number of fused-ring (bicyclic) bond motifs is 1. The molecule has 0 aliphatic carbocycles. The molecule has 0 saturated carbocycles. The molecule has 0 radical (unpaired) electrons. The Kier molecular flexibility index (Phi) is 4.51. The molecule has 0 aliphatic rings. The van der Waals surface area contributed by atoms with Crippen molar-refractivity contribution in [1.29, 1.82) is 0 Å². The zero-order valence-corrected chi connectivity index (χ0v) is 11.0. The molecule has 0 aliphatic heterocycles. The molecule has 6 nitrogen and oxygen atoms in total. The summed E-state index contributed by atoms with van der Waals surface area (Å²) >= 11 is 1.47. The lowest BCUT2D eigenvalue weighted by atomic mass is 10.1. The number of aromatic nitrogens is 4. The first-order valence-corrected chi connectivity index (χ1v) is 6.81. The van der Waals surface area contributed by atoms with Crippen molar-refractivity contribution in [1.82, 2.24) is 19.9 Å². The average molecular weight is 267 g/mol. The summed E-state index contributed by atoms with van der Waals surface area (Å²) in [5.41, 5.74) is 7.48. The molecular weight excluding hydrogens is 250 g/mol. The molecule has 4 N–H and O–H groups in total. The van der Waals surface area contributed by atoms with Gasteiger partial charge in [0.2, 0.25) is 0 Å². The van der Waals surface area contributed by atoms with E-state index in [9.17, 15) is 5.11 Å². The Labute approximate surface area is 109 Å².